The summed E-state index contributed by atoms with van der Waals surface area (Å²) in [5, 5.41) is 4.47. The van der Waals surface area contributed by atoms with Gasteiger partial charge in [0, 0.05) is 12.6 Å². The molecule has 1 aromatic rings. The third-order valence-electron chi connectivity index (χ3n) is 5.24. The molecule has 0 aromatic heterocycles. The van der Waals surface area contributed by atoms with E-state index in [2.05, 4.69) is 15.1 Å². The van der Waals surface area contributed by atoms with Crippen molar-refractivity contribution in [1.82, 2.24) is 24.3 Å². The van der Waals surface area contributed by atoms with E-state index in [1.54, 1.807) is 4.68 Å². The lowest BCUT2D eigenvalue weighted by Crippen LogP contribution is -2.38. The zero-order valence-corrected chi connectivity index (χ0v) is 15.6. The molecule has 0 unspecified atom stereocenters. The third kappa shape index (κ3) is 3.54. The summed E-state index contributed by atoms with van der Waals surface area (Å²) < 4.78 is 41.0. The van der Waals surface area contributed by atoms with Crippen LogP contribution < -0.4 is 11.2 Å². The van der Waals surface area contributed by atoms with Crippen molar-refractivity contribution in [3.8, 4) is 22.9 Å². The van der Waals surface area contributed by atoms with Gasteiger partial charge < -0.3 is 0 Å². The highest BCUT2D eigenvalue weighted by molar-refractivity contribution is 5.60. The van der Waals surface area contributed by atoms with E-state index >= 15 is 0 Å². The molecule has 2 heterocycles. The molecule has 29 heavy (non-hydrogen) atoms. The molecule has 0 amide bonds. The molecule has 0 spiro atoms. The van der Waals surface area contributed by atoms with Gasteiger partial charge in [0.25, 0.3) is 5.56 Å². The van der Waals surface area contributed by atoms with Crippen molar-refractivity contribution in [2.45, 2.75) is 44.3 Å². The average Bonchev–Trinajstić information content (AvgIpc) is 2.72. The summed E-state index contributed by atoms with van der Waals surface area (Å²) in [7, 11) is 1.31. The maximum Gasteiger partial charge on any atom is 0.416 e. The molecule has 2 aliphatic heterocycles. The first-order valence-electron chi connectivity index (χ1n) is 9.31. The summed E-state index contributed by atoms with van der Waals surface area (Å²) in [6, 6.07) is 4.39. The van der Waals surface area contributed by atoms with Crippen LogP contribution in [0.4, 0.5) is 13.2 Å². The van der Waals surface area contributed by atoms with E-state index in [9.17, 15) is 22.8 Å². The molecular weight excluding hydrogens is 387 g/mol. The van der Waals surface area contributed by atoms with Gasteiger partial charge in [-0.1, -0.05) is 31.4 Å². The first-order chi connectivity index (χ1) is 13.8. The van der Waals surface area contributed by atoms with Gasteiger partial charge in [-0.25, -0.2) is 14.5 Å². The molecular formula is C19H18F3N5O2. The van der Waals surface area contributed by atoms with Crippen LogP contribution in [0.3, 0.4) is 0 Å². The molecule has 7 nitrogen and oxygen atoms in total. The molecule has 1 aromatic carbocycles. The molecule has 1 aliphatic carbocycles. The van der Waals surface area contributed by atoms with Crippen molar-refractivity contribution in [2.75, 3.05) is 0 Å². The fourth-order valence-corrected chi connectivity index (χ4v) is 3.61. The quantitative estimate of drug-likeness (QED) is 0.655. The summed E-state index contributed by atoms with van der Waals surface area (Å²) in [5.74, 6) is 0.231. The number of halogens is 3. The predicted octanol–water partition coefficient (Wildman–Crippen LogP) is 3.03. The standard InChI is InChI=1S/C19H18F3N5O2/c1-26-17(28)14-16(24-18(26)29)27(13-5-3-2-4-6-13)25-15(23-14)11-7-9-12(10-8-11)19(20,21)22/h7-10,13H,2-6H2,1H3. The van der Waals surface area contributed by atoms with Crippen molar-refractivity contribution in [3.05, 3.63) is 50.7 Å². The Labute approximate surface area is 163 Å². The van der Waals surface area contributed by atoms with E-state index in [-0.39, 0.29) is 23.4 Å². The molecule has 0 radical (unpaired) electrons. The van der Waals surface area contributed by atoms with Gasteiger partial charge in [0.1, 0.15) is 0 Å². The van der Waals surface area contributed by atoms with E-state index < -0.39 is 23.0 Å². The van der Waals surface area contributed by atoms with Gasteiger partial charge in [0.2, 0.25) is 0 Å². The van der Waals surface area contributed by atoms with Crippen molar-refractivity contribution < 1.29 is 13.2 Å². The van der Waals surface area contributed by atoms with Gasteiger partial charge in [-0.3, -0.25) is 9.36 Å². The minimum Gasteiger partial charge on any atom is -0.267 e. The lowest BCUT2D eigenvalue weighted by Gasteiger charge is -2.26. The number of benzene rings is 1. The predicted molar refractivity (Wildman–Crippen MR) is 98.5 cm³/mol. The van der Waals surface area contributed by atoms with E-state index in [4.69, 9.17) is 0 Å². The summed E-state index contributed by atoms with van der Waals surface area (Å²) in [4.78, 5) is 32.9. The molecule has 1 fully saturated rings. The number of rotatable bonds is 2. The molecule has 0 bridgehead atoms. The molecule has 152 valence electrons. The van der Waals surface area contributed by atoms with Crippen LogP contribution in [0, 0.1) is 0 Å². The third-order valence-corrected chi connectivity index (χ3v) is 5.24. The maximum atomic E-state index is 12.9. The van der Waals surface area contributed by atoms with Crippen molar-refractivity contribution in [1.29, 1.82) is 0 Å². The monoisotopic (exact) mass is 405 g/mol. The Bertz CT molecular complexity index is 1130. The summed E-state index contributed by atoms with van der Waals surface area (Å²) in [5.41, 5.74) is -1.77. The molecule has 1 saturated carbocycles. The van der Waals surface area contributed by atoms with Crippen molar-refractivity contribution >= 4 is 0 Å². The highest BCUT2D eigenvalue weighted by atomic mass is 19.4. The van der Waals surface area contributed by atoms with E-state index in [0.717, 1.165) is 48.8 Å². The number of hydrogen-bond donors (Lipinski definition) is 0. The highest BCUT2D eigenvalue weighted by Gasteiger charge is 2.30. The topological polar surface area (TPSA) is 82.7 Å². The smallest absolute Gasteiger partial charge is 0.267 e. The average molecular weight is 405 g/mol. The molecule has 3 aliphatic rings. The number of alkyl halides is 3. The van der Waals surface area contributed by atoms with E-state index in [1.165, 1.54) is 19.2 Å². The second-order valence-corrected chi connectivity index (χ2v) is 7.18. The normalized spacial score (nSPS) is 15.7. The number of fused-ring (bicyclic) bond motifs is 1. The zero-order chi connectivity index (χ0) is 20.8. The van der Waals surface area contributed by atoms with Crippen LogP contribution in [0.5, 0.6) is 0 Å². The second kappa shape index (κ2) is 7.09. The SMILES string of the molecule is Cn1c(=O)nc2n(C3CCCCC3)nc(-c3ccc(C(F)(F)F)cc3)nc-2c1=O. The second-order valence-electron chi connectivity index (χ2n) is 7.18. The molecule has 0 saturated heterocycles. The van der Waals surface area contributed by atoms with Gasteiger partial charge in [0.05, 0.1) is 11.6 Å². The van der Waals surface area contributed by atoms with Gasteiger partial charge in [-0.05, 0) is 25.0 Å². The fourth-order valence-electron chi connectivity index (χ4n) is 3.61. The van der Waals surface area contributed by atoms with E-state index in [0.29, 0.717) is 5.56 Å². The molecule has 10 heteroatoms. The molecule has 0 atom stereocenters. The van der Waals surface area contributed by atoms with Gasteiger partial charge >= 0.3 is 11.9 Å². The summed E-state index contributed by atoms with van der Waals surface area (Å²) in [6.45, 7) is 0. The Morgan fingerprint density at radius 1 is 1.00 bits per heavy atom. The van der Waals surface area contributed by atoms with Crippen LogP contribution in [0.15, 0.2) is 33.9 Å². The largest absolute Gasteiger partial charge is 0.416 e. The number of aromatic nitrogens is 5. The fraction of sp³-hybridized carbons (Fsp3) is 0.421. The van der Waals surface area contributed by atoms with Crippen molar-refractivity contribution in [3.63, 3.8) is 0 Å². The highest BCUT2D eigenvalue weighted by Crippen LogP contribution is 2.33. The van der Waals surface area contributed by atoms with Crippen LogP contribution in [-0.4, -0.2) is 24.3 Å². The minimum absolute atomic E-state index is 0.0254. The van der Waals surface area contributed by atoms with Gasteiger partial charge in [-0.15, -0.1) is 0 Å². The lowest BCUT2D eigenvalue weighted by atomic mass is 9.95. The first-order valence-corrected chi connectivity index (χ1v) is 9.31. The van der Waals surface area contributed by atoms with Gasteiger partial charge in [-0.2, -0.15) is 23.3 Å². The Morgan fingerprint density at radius 2 is 1.66 bits per heavy atom. The van der Waals surface area contributed by atoms with Crippen LogP contribution in [-0.2, 0) is 13.2 Å². The summed E-state index contributed by atoms with van der Waals surface area (Å²) in [6.07, 6.45) is 0.229. The van der Waals surface area contributed by atoms with Crippen LogP contribution in [0.1, 0.15) is 43.7 Å². The Hall–Kier alpha value is -3.04. The Kier molecular flexibility index (Phi) is 4.71. The molecule has 4 rings (SSSR count). The lowest BCUT2D eigenvalue weighted by molar-refractivity contribution is -0.137. The van der Waals surface area contributed by atoms with Crippen LogP contribution >= 0.6 is 0 Å². The van der Waals surface area contributed by atoms with Crippen molar-refractivity contribution in [2.24, 2.45) is 7.05 Å². The zero-order valence-electron chi connectivity index (χ0n) is 15.6. The van der Waals surface area contributed by atoms with Gasteiger partial charge in [0.15, 0.2) is 17.3 Å². The number of nitrogens with zero attached hydrogens (tertiary/aromatic N) is 5. The van der Waals surface area contributed by atoms with Crippen LogP contribution in [0.2, 0.25) is 0 Å². The maximum absolute atomic E-state index is 12.9. The number of hydrogen-bond acceptors (Lipinski definition) is 5. The summed E-state index contributed by atoms with van der Waals surface area (Å²) >= 11 is 0. The molecule has 0 N–H and O–H groups in total. The Morgan fingerprint density at radius 3 is 2.28 bits per heavy atom. The minimum atomic E-state index is -4.45. The Balaban J connectivity index is 1.92. The van der Waals surface area contributed by atoms with Crippen LogP contribution in [0.25, 0.3) is 22.9 Å². The first kappa shape index (κ1) is 19.3. The van der Waals surface area contributed by atoms with E-state index in [1.807, 2.05) is 0 Å².